The van der Waals surface area contributed by atoms with E-state index in [0.717, 1.165) is 43.3 Å². The molecular weight excluding hydrogens is 314 g/mol. The summed E-state index contributed by atoms with van der Waals surface area (Å²) in [4.78, 5) is 2.44. The first-order valence-corrected chi connectivity index (χ1v) is 8.56. The second kappa shape index (κ2) is 7.07. The molecule has 1 aromatic heterocycles. The number of para-hydroxylation sites is 1. The highest BCUT2D eigenvalue weighted by Gasteiger charge is 2.28. The molecule has 5 nitrogen and oxygen atoms in total. The topological polar surface area (TPSA) is 51.4 Å². The van der Waals surface area contributed by atoms with Crippen molar-refractivity contribution in [3.63, 3.8) is 0 Å². The van der Waals surface area contributed by atoms with Crippen molar-refractivity contribution in [1.29, 1.82) is 0 Å². The molecule has 1 saturated heterocycles. The zero-order chi connectivity index (χ0) is 17.1. The minimum Gasteiger partial charge on any atom is -0.496 e. The maximum absolute atomic E-state index is 5.97. The lowest BCUT2D eigenvalue weighted by Gasteiger charge is -2.14. The van der Waals surface area contributed by atoms with Crippen molar-refractivity contribution in [2.75, 3.05) is 20.2 Å². The number of hydrogen-bond donors (Lipinski definition) is 0. The Morgan fingerprint density at radius 1 is 1.08 bits per heavy atom. The van der Waals surface area contributed by atoms with Gasteiger partial charge in [-0.1, -0.05) is 42.5 Å². The fourth-order valence-electron chi connectivity index (χ4n) is 3.35. The Labute approximate surface area is 147 Å². The van der Waals surface area contributed by atoms with Gasteiger partial charge in [0.2, 0.25) is 5.89 Å². The molecule has 0 saturated carbocycles. The van der Waals surface area contributed by atoms with E-state index < -0.39 is 0 Å². The molecule has 3 aromatic rings. The lowest BCUT2D eigenvalue weighted by molar-refractivity contribution is 0.320. The SMILES string of the molecule is COc1ccccc1-c1nnc([C@H]2CCN(Cc3ccccc3)C2)o1. The molecule has 0 bridgehead atoms. The molecule has 5 heteroatoms. The molecule has 2 aromatic carbocycles. The van der Waals surface area contributed by atoms with Crippen molar-refractivity contribution >= 4 is 0 Å². The van der Waals surface area contributed by atoms with Gasteiger partial charge in [-0.3, -0.25) is 4.90 Å². The average Bonchev–Trinajstić information content (AvgIpc) is 3.32. The second-order valence-electron chi connectivity index (χ2n) is 6.35. The van der Waals surface area contributed by atoms with Crippen LogP contribution in [0.4, 0.5) is 0 Å². The Hall–Kier alpha value is -2.66. The van der Waals surface area contributed by atoms with Crippen LogP contribution in [-0.4, -0.2) is 35.3 Å². The fraction of sp³-hybridized carbons (Fsp3) is 0.300. The molecule has 1 atom stereocenters. The van der Waals surface area contributed by atoms with Crippen molar-refractivity contribution in [1.82, 2.24) is 15.1 Å². The summed E-state index contributed by atoms with van der Waals surface area (Å²) in [5.41, 5.74) is 2.17. The highest BCUT2D eigenvalue weighted by molar-refractivity contribution is 5.62. The number of likely N-dealkylation sites (tertiary alicyclic amines) is 1. The molecule has 1 aliphatic rings. The predicted molar refractivity (Wildman–Crippen MR) is 95.4 cm³/mol. The Kier molecular flexibility index (Phi) is 4.48. The third kappa shape index (κ3) is 3.42. The van der Waals surface area contributed by atoms with E-state index >= 15 is 0 Å². The predicted octanol–water partition coefficient (Wildman–Crippen LogP) is 3.73. The van der Waals surface area contributed by atoms with Gasteiger partial charge in [0.1, 0.15) is 5.75 Å². The van der Waals surface area contributed by atoms with E-state index in [-0.39, 0.29) is 0 Å². The molecule has 0 spiro atoms. The van der Waals surface area contributed by atoms with E-state index in [9.17, 15) is 0 Å². The van der Waals surface area contributed by atoms with Crippen molar-refractivity contribution in [3.05, 3.63) is 66.1 Å². The van der Waals surface area contributed by atoms with Gasteiger partial charge in [-0.15, -0.1) is 10.2 Å². The number of rotatable bonds is 5. The van der Waals surface area contributed by atoms with Crippen LogP contribution in [0.1, 0.15) is 23.8 Å². The minimum atomic E-state index is 0.291. The van der Waals surface area contributed by atoms with Gasteiger partial charge < -0.3 is 9.15 Å². The quantitative estimate of drug-likeness (QED) is 0.711. The van der Waals surface area contributed by atoms with Crippen LogP contribution in [0.3, 0.4) is 0 Å². The Morgan fingerprint density at radius 3 is 2.72 bits per heavy atom. The maximum Gasteiger partial charge on any atom is 0.251 e. The smallest absolute Gasteiger partial charge is 0.251 e. The number of aromatic nitrogens is 2. The fourth-order valence-corrected chi connectivity index (χ4v) is 3.35. The minimum absolute atomic E-state index is 0.291. The summed E-state index contributed by atoms with van der Waals surface area (Å²) in [5.74, 6) is 2.28. The van der Waals surface area contributed by atoms with Crippen molar-refractivity contribution < 1.29 is 9.15 Å². The molecule has 25 heavy (non-hydrogen) atoms. The maximum atomic E-state index is 5.97. The second-order valence-corrected chi connectivity index (χ2v) is 6.35. The number of nitrogens with zero attached hydrogens (tertiary/aromatic N) is 3. The van der Waals surface area contributed by atoms with Gasteiger partial charge >= 0.3 is 0 Å². The van der Waals surface area contributed by atoms with Crippen LogP contribution in [0.5, 0.6) is 5.75 Å². The molecule has 0 N–H and O–H groups in total. The van der Waals surface area contributed by atoms with Crippen LogP contribution in [0.25, 0.3) is 11.5 Å². The van der Waals surface area contributed by atoms with Crippen LogP contribution < -0.4 is 4.74 Å². The first kappa shape index (κ1) is 15.8. The lowest BCUT2D eigenvalue weighted by atomic mass is 10.1. The van der Waals surface area contributed by atoms with Crippen LogP contribution in [0.15, 0.2) is 59.0 Å². The van der Waals surface area contributed by atoms with Gasteiger partial charge in [-0.25, -0.2) is 0 Å². The monoisotopic (exact) mass is 335 g/mol. The standard InChI is InChI=1S/C20H21N3O2/c1-24-18-10-6-5-9-17(18)20-22-21-19(25-20)16-11-12-23(14-16)13-15-7-3-2-4-8-15/h2-10,16H,11-14H2,1H3/t16-/m0/s1. The number of benzene rings is 2. The Balaban J connectivity index is 1.46. The molecule has 2 heterocycles. The summed E-state index contributed by atoms with van der Waals surface area (Å²) in [6.07, 6.45) is 1.04. The molecule has 1 aliphatic heterocycles. The third-order valence-electron chi connectivity index (χ3n) is 4.65. The van der Waals surface area contributed by atoms with Gasteiger partial charge in [0, 0.05) is 13.1 Å². The molecule has 0 unspecified atom stereocenters. The summed E-state index contributed by atoms with van der Waals surface area (Å²) in [6.45, 7) is 2.96. The molecule has 4 rings (SSSR count). The molecule has 0 radical (unpaired) electrons. The lowest BCUT2D eigenvalue weighted by Crippen LogP contribution is -2.19. The zero-order valence-electron chi connectivity index (χ0n) is 14.3. The van der Waals surface area contributed by atoms with Crippen LogP contribution >= 0.6 is 0 Å². The summed E-state index contributed by atoms with van der Waals surface area (Å²) in [5, 5.41) is 8.53. The van der Waals surface area contributed by atoms with Crippen LogP contribution in [0, 0.1) is 0 Å². The first-order valence-electron chi connectivity index (χ1n) is 8.56. The van der Waals surface area contributed by atoms with Crippen molar-refractivity contribution in [3.8, 4) is 17.2 Å². The van der Waals surface area contributed by atoms with E-state index in [2.05, 4.69) is 39.4 Å². The van der Waals surface area contributed by atoms with Crippen molar-refractivity contribution in [2.24, 2.45) is 0 Å². The van der Waals surface area contributed by atoms with Crippen LogP contribution in [-0.2, 0) is 6.54 Å². The van der Waals surface area contributed by atoms with E-state index in [0.29, 0.717) is 11.8 Å². The molecule has 1 fully saturated rings. The summed E-state index contributed by atoms with van der Waals surface area (Å²) in [6, 6.07) is 18.3. The summed E-state index contributed by atoms with van der Waals surface area (Å²) in [7, 11) is 1.65. The molecule has 0 amide bonds. The zero-order valence-corrected chi connectivity index (χ0v) is 14.3. The van der Waals surface area contributed by atoms with E-state index in [1.54, 1.807) is 7.11 Å². The van der Waals surface area contributed by atoms with Gasteiger partial charge in [0.05, 0.1) is 18.6 Å². The largest absolute Gasteiger partial charge is 0.496 e. The number of methoxy groups -OCH3 is 1. The molecule has 128 valence electrons. The van der Waals surface area contributed by atoms with Gasteiger partial charge in [-0.05, 0) is 30.7 Å². The average molecular weight is 335 g/mol. The third-order valence-corrected chi connectivity index (χ3v) is 4.65. The normalized spacial score (nSPS) is 17.7. The Bertz CT molecular complexity index is 832. The van der Waals surface area contributed by atoms with Gasteiger partial charge in [0.15, 0.2) is 0 Å². The van der Waals surface area contributed by atoms with Crippen molar-refractivity contribution in [2.45, 2.75) is 18.9 Å². The van der Waals surface area contributed by atoms with E-state index in [1.807, 2.05) is 30.3 Å². The van der Waals surface area contributed by atoms with Crippen LogP contribution in [0.2, 0.25) is 0 Å². The highest BCUT2D eigenvalue weighted by atomic mass is 16.5. The Morgan fingerprint density at radius 2 is 1.88 bits per heavy atom. The first-order chi connectivity index (χ1) is 12.3. The summed E-state index contributed by atoms with van der Waals surface area (Å²) >= 11 is 0. The molecule has 0 aliphatic carbocycles. The molecular formula is C20H21N3O2. The summed E-state index contributed by atoms with van der Waals surface area (Å²) < 4.78 is 11.3. The number of hydrogen-bond acceptors (Lipinski definition) is 5. The van der Waals surface area contributed by atoms with Gasteiger partial charge in [0.25, 0.3) is 5.89 Å². The highest BCUT2D eigenvalue weighted by Crippen LogP contribution is 2.32. The number of ether oxygens (including phenoxy) is 1. The van der Waals surface area contributed by atoms with E-state index in [1.165, 1.54) is 5.56 Å². The van der Waals surface area contributed by atoms with E-state index in [4.69, 9.17) is 9.15 Å². The van der Waals surface area contributed by atoms with Gasteiger partial charge in [-0.2, -0.15) is 0 Å².